The number of carbonyl (C=O) groups is 2. The number of likely N-dealkylation sites (tertiary alicyclic amines) is 1. The molecule has 0 radical (unpaired) electrons. The molecule has 5 rings (SSSR count). The van der Waals surface area contributed by atoms with Crippen LogP contribution >= 0.6 is 22.9 Å². The molecule has 3 heterocycles. The highest BCUT2D eigenvalue weighted by molar-refractivity contribution is 7.09. The summed E-state index contributed by atoms with van der Waals surface area (Å²) in [5.74, 6) is -1.41. The number of amides is 2. The van der Waals surface area contributed by atoms with E-state index in [1.54, 1.807) is 6.07 Å². The molecule has 1 aromatic heterocycles. The van der Waals surface area contributed by atoms with E-state index in [0.29, 0.717) is 23.4 Å². The first-order valence-electron chi connectivity index (χ1n) is 11.2. The number of phenolic OH excluding ortho intramolecular Hbond substituents is 1. The van der Waals surface area contributed by atoms with Gasteiger partial charge in [-0.05, 0) is 59.3 Å². The Bertz CT molecular complexity index is 1130. The number of hydrogen-bond donors (Lipinski definition) is 2. The summed E-state index contributed by atoms with van der Waals surface area (Å²) in [5.41, 5.74) is 2.40. The maximum Gasteiger partial charge on any atom is 0.487 e. The average molecular weight is 486 g/mol. The minimum Gasteiger partial charge on any atom is -0.508 e. The van der Waals surface area contributed by atoms with E-state index in [-0.39, 0.29) is 35.9 Å². The molecule has 3 aliphatic rings. The number of phenols is 1. The lowest BCUT2D eigenvalue weighted by Gasteiger charge is -2.43. The fourth-order valence-corrected chi connectivity index (χ4v) is 6.65. The molecule has 2 aliphatic heterocycles. The van der Waals surface area contributed by atoms with Crippen molar-refractivity contribution in [3.63, 3.8) is 0 Å². The lowest BCUT2D eigenvalue weighted by molar-refractivity contribution is -0.140. The van der Waals surface area contributed by atoms with Gasteiger partial charge in [-0.25, -0.2) is 0 Å². The highest BCUT2D eigenvalue weighted by atomic mass is 35.5. The van der Waals surface area contributed by atoms with Crippen molar-refractivity contribution in [2.24, 2.45) is 23.7 Å². The van der Waals surface area contributed by atoms with Gasteiger partial charge in [0.2, 0.25) is 11.8 Å². The molecule has 2 fully saturated rings. The van der Waals surface area contributed by atoms with Gasteiger partial charge < -0.3 is 14.8 Å². The van der Waals surface area contributed by atoms with Crippen LogP contribution in [-0.2, 0) is 20.8 Å². The molecule has 172 valence electrons. The lowest BCUT2D eigenvalue weighted by Crippen LogP contribution is -2.45. The van der Waals surface area contributed by atoms with Crippen LogP contribution in [0.4, 0.5) is 0 Å². The number of rotatable bonds is 4. The van der Waals surface area contributed by atoms with Crippen LogP contribution in [0.2, 0.25) is 5.02 Å². The van der Waals surface area contributed by atoms with Crippen molar-refractivity contribution in [3.05, 3.63) is 62.2 Å². The van der Waals surface area contributed by atoms with E-state index >= 15 is 0 Å². The van der Waals surface area contributed by atoms with Gasteiger partial charge in [-0.1, -0.05) is 43.2 Å². The van der Waals surface area contributed by atoms with E-state index in [1.165, 1.54) is 28.4 Å². The molecule has 6 nitrogen and oxygen atoms in total. The Morgan fingerprint density at radius 2 is 2.03 bits per heavy atom. The Morgan fingerprint density at radius 3 is 2.70 bits per heavy atom. The van der Waals surface area contributed by atoms with Crippen molar-refractivity contribution in [1.29, 1.82) is 0 Å². The number of imide groups is 1. The number of allylic oxidation sites excluding steroid dienone is 2. The Hall–Kier alpha value is -2.13. The third-order valence-corrected chi connectivity index (χ3v) is 8.35. The number of thiophene rings is 1. The number of aromatic hydroxyl groups is 1. The number of halogens is 1. The van der Waals surface area contributed by atoms with Crippen molar-refractivity contribution in [2.75, 3.05) is 0 Å². The van der Waals surface area contributed by atoms with Gasteiger partial charge in [0, 0.05) is 9.90 Å². The Morgan fingerprint density at radius 1 is 1.24 bits per heavy atom. The van der Waals surface area contributed by atoms with E-state index < -0.39 is 25.1 Å². The summed E-state index contributed by atoms with van der Waals surface area (Å²) in [6.07, 6.45) is 0.341. The summed E-state index contributed by atoms with van der Waals surface area (Å²) in [6, 6.07) is 8.48. The molecule has 4 atom stereocenters. The van der Waals surface area contributed by atoms with Gasteiger partial charge in [0.05, 0.1) is 24.5 Å². The summed E-state index contributed by atoms with van der Waals surface area (Å²) in [6.45, 7) is 4.37. The molecule has 2 saturated heterocycles. The molecule has 0 unspecified atom stereocenters. The molecular formula is C24H25BClNO5S. The first-order valence-corrected chi connectivity index (χ1v) is 12.4. The van der Waals surface area contributed by atoms with Gasteiger partial charge >= 0.3 is 7.12 Å². The first-order chi connectivity index (χ1) is 15.8. The third-order valence-electron chi connectivity index (χ3n) is 7.16. The Balaban J connectivity index is 1.53. The van der Waals surface area contributed by atoms with Gasteiger partial charge in [-0.3, -0.25) is 14.5 Å². The molecule has 2 amide bonds. The fourth-order valence-electron chi connectivity index (χ4n) is 5.66. The van der Waals surface area contributed by atoms with Gasteiger partial charge in [0.25, 0.3) is 0 Å². The second-order valence-electron chi connectivity index (χ2n) is 9.34. The number of hydrogen-bond acceptors (Lipinski definition) is 6. The average Bonchev–Trinajstić information content (AvgIpc) is 3.36. The topological polar surface area (TPSA) is 87.1 Å². The zero-order chi connectivity index (χ0) is 23.4. The van der Waals surface area contributed by atoms with E-state index in [9.17, 15) is 19.7 Å². The second-order valence-corrected chi connectivity index (χ2v) is 10.8. The van der Waals surface area contributed by atoms with Crippen LogP contribution in [-0.4, -0.2) is 34.0 Å². The van der Waals surface area contributed by atoms with Gasteiger partial charge in [0.1, 0.15) is 5.75 Å². The lowest BCUT2D eigenvalue weighted by atomic mass is 9.54. The van der Waals surface area contributed by atoms with Crippen molar-refractivity contribution in [3.8, 4) is 5.75 Å². The summed E-state index contributed by atoms with van der Waals surface area (Å²) in [7, 11) is -1.17. The van der Waals surface area contributed by atoms with Gasteiger partial charge in [-0.2, -0.15) is 0 Å². The summed E-state index contributed by atoms with van der Waals surface area (Å²) >= 11 is 7.89. The number of fused-ring (bicyclic) bond motifs is 3. The molecule has 0 saturated carbocycles. The minimum atomic E-state index is -1.17. The zero-order valence-electron chi connectivity index (χ0n) is 18.4. The van der Waals surface area contributed by atoms with Crippen LogP contribution in [0.3, 0.4) is 0 Å². The number of nitrogens with zero attached hydrogens (tertiary/aromatic N) is 1. The minimum absolute atomic E-state index is 0.0429. The monoisotopic (exact) mass is 485 g/mol. The molecule has 1 aromatic carbocycles. The molecule has 33 heavy (non-hydrogen) atoms. The Kier molecular flexibility index (Phi) is 5.89. The largest absolute Gasteiger partial charge is 0.508 e. The normalized spacial score (nSPS) is 27.4. The summed E-state index contributed by atoms with van der Waals surface area (Å²) in [5, 5.41) is 23.1. The van der Waals surface area contributed by atoms with E-state index in [0.717, 1.165) is 15.9 Å². The van der Waals surface area contributed by atoms with Crippen LogP contribution in [0.25, 0.3) is 0 Å². The Labute approximate surface area is 202 Å². The van der Waals surface area contributed by atoms with Crippen LogP contribution in [0.15, 0.2) is 46.8 Å². The molecule has 0 spiro atoms. The molecular weight excluding hydrogens is 461 g/mol. The van der Waals surface area contributed by atoms with Crippen LogP contribution < -0.4 is 0 Å². The van der Waals surface area contributed by atoms with E-state index in [1.807, 2.05) is 31.4 Å². The quantitative estimate of drug-likeness (QED) is 0.496. The van der Waals surface area contributed by atoms with E-state index in [4.69, 9.17) is 16.3 Å². The summed E-state index contributed by atoms with van der Waals surface area (Å²) < 4.78 is 5.99. The highest BCUT2D eigenvalue weighted by Crippen LogP contribution is 2.53. The third kappa shape index (κ3) is 3.83. The maximum absolute atomic E-state index is 13.6. The number of benzene rings is 1. The smallest absolute Gasteiger partial charge is 0.487 e. The molecule has 1 aliphatic carbocycles. The molecule has 2 aromatic rings. The molecule has 9 heteroatoms. The highest BCUT2D eigenvalue weighted by Gasteiger charge is 2.58. The van der Waals surface area contributed by atoms with Crippen molar-refractivity contribution in [2.45, 2.75) is 39.3 Å². The SMILES string of the molecule is CC(C)C1=C2B(O)O[C@H](c3ccc(O)cc3Cl)C[C@H]2[C@H]2C(=O)N(Cc3cccs3)C(=O)[C@H]2C1. The van der Waals surface area contributed by atoms with Gasteiger partial charge in [0.15, 0.2) is 0 Å². The van der Waals surface area contributed by atoms with Crippen LogP contribution in [0.1, 0.15) is 43.2 Å². The standard InChI is InChI=1S/C24H25BClNO5S/c1-12(2)16-9-18-21(24(30)27(23(18)29)11-14-4-3-7-33-14)17-10-20(32-25(31)22(16)17)15-6-5-13(28)8-19(15)26/h3-8,12,17-18,20-21,28,31H,9-11H2,1-2H3/t17-,18-,20-,21+/m0/s1. The first kappa shape index (κ1) is 22.7. The second kappa shape index (κ2) is 8.58. The van der Waals surface area contributed by atoms with E-state index in [2.05, 4.69) is 0 Å². The van der Waals surface area contributed by atoms with Crippen molar-refractivity contribution >= 4 is 41.9 Å². The molecule has 2 N–H and O–H groups in total. The number of carbonyl (C=O) groups excluding carboxylic acids is 2. The van der Waals surface area contributed by atoms with Crippen LogP contribution in [0.5, 0.6) is 5.75 Å². The van der Waals surface area contributed by atoms with Crippen molar-refractivity contribution < 1.29 is 24.4 Å². The summed E-state index contributed by atoms with van der Waals surface area (Å²) in [4.78, 5) is 29.3. The van der Waals surface area contributed by atoms with Crippen LogP contribution in [0, 0.1) is 23.7 Å². The molecule has 0 bridgehead atoms. The predicted molar refractivity (Wildman–Crippen MR) is 126 cm³/mol. The predicted octanol–water partition coefficient (Wildman–Crippen LogP) is 4.36. The zero-order valence-corrected chi connectivity index (χ0v) is 20.0. The maximum atomic E-state index is 13.6. The van der Waals surface area contributed by atoms with Crippen molar-refractivity contribution in [1.82, 2.24) is 4.90 Å². The fraction of sp³-hybridized carbons (Fsp3) is 0.417. The van der Waals surface area contributed by atoms with Gasteiger partial charge in [-0.15, -0.1) is 11.3 Å².